The van der Waals surface area contributed by atoms with E-state index in [9.17, 15) is 0 Å². The predicted molar refractivity (Wildman–Crippen MR) is 75.0 cm³/mol. The summed E-state index contributed by atoms with van der Waals surface area (Å²) in [5, 5.41) is 0. The van der Waals surface area contributed by atoms with Gasteiger partial charge in [0.05, 0.1) is 0 Å². The highest BCUT2D eigenvalue weighted by Gasteiger charge is 2.03. The Labute approximate surface area is 114 Å². The maximum atomic E-state index is 3.56. The number of hydrogen-bond donors (Lipinski definition) is 0. The summed E-state index contributed by atoms with van der Waals surface area (Å²) in [6, 6.07) is 14.4. The van der Waals surface area contributed by atoms with Gasteiger partial charge in [-0.15, -0.1) is 0 Å². The Morgan fingerprint density at radius 1 is 0.733 bits per heavy atom. The van der Waals surface area contributed by atoms with E-state index >= 15 is 0 Å². The van der Waals surface area contributed by atoms with E-state index in [0.717, 1.165) is 13.4 Å². The first-order chi connectivity index (χ1) is 7.16. The molecule has 3 heteroatoms. The molecule has 0 unspecified atom stereocenters. The van der Waals surface area contributed by atoms with E-state index in [1.807, 2.05) is 24.3 Å². The van der Waals surface area contributed by atoms with Gasteiger partial charge in [0.2, 0.25) is 0 Å². The largest absolute Gasteiger partial charge is 0.0605 e. The third-order valence-electron chi connectivity index (χ3n) is 2.06. The first-order valence-electron chi connectivity index (χ1n) is 4.38. The molecule has 0 heterocycles. The maximum absolute atomic E-state index is 3.56. The first-order valence-corrected chi connectivity index (χ1v) is 6.76. The van der Waals surface area contributed by atoms with Crippen molar-refractivity contribution in [1.82, 2.24) is 0 Å². The molecule has 2 aromatic rings. The molecule has 0 spiro atoms. The van der Waals surface area contributed by atoms with Crippen LogP contribution in [0.3, 0.4) is 0 Å². The summed E-state index contributed by atoms with van der Waals surface area (Å²) < 4.78 is 3.27. The lowest BCUT2D eigenvalue weighted by molar-refractivity contribution is 1.54. The van der Waals surface area contributed by atoms with E-state index in [2.05, 4.69) is 66.0 Å². The van der Waals surface area contributed by atoms with Crippen molar-refractivity contribution in [3.05, 3.63) is 55.9 Å². The summed E-state index contributed by atoms with van der Waals surface area (Å²) in [5.74, 6) is 0. The second-order valence-electron chi connectivity index (χ2n) is 3.13. The van der Waals surface area contributed by atoms with E-state index in [1.165, 1.54) is 11.1 Å². The number of halogens is 3. The molecule has 0 atom stereocenters. The highest BCUT2D eigenvalue weighted by molar-refractivity contribution is 9.11. The van der Waals surface area contributed by atoms with Crippen LogP contribution in [0, 0.1) is 0 Å². The summed E-state index contributed by atoms with van der Waals surface area (Å²) >= 11 is 10.5. The molecule has 0 radical (unpaired) electrons. The lowest BCUT2D eigenvalue weighted by Gasteiger charge is -2.05. The Hall–Kier alpha value is -0.120. The van der Waals surface area contributed by atoms with Crippen LogP contribution < -0.4 is 0 Å². The van der Waals surface area contributed by atoms with Gasteiger partial charge >= 0.3 is 0 Å². The Balaban J connectivity index is 2.58. The van der Waals surface area contributed by atoms with Crippen LogP contribution in [0.4, 0.5) is 0 Å². The molecule has 0 aliphatic rings. The molecule has 0 amide bonds. The van der Waals surface area contributed by atoms with Crippen LogP contribution in [0.15, 0.2) is 55.9 Å². The first kappa shape index (κ1) is 11.4. The molecule has 76 valence electrons. The van der Waals surface area contributed by atoms with Gasteiger partial charge < -0.3 is 0 Å². The zero-order valence-corrected chi connectivity index (χ0v) is 12.4. The van der Waals surface area contributed by atoms with E-state index in [-0.39, 0.29) is 0 Å². The average Bonchev–Trinajstić information content (AvgIpc) is 2.22. The lowest BCUT2D eigenvalue weighted by atomic mass is 10.1. The predicted octanol–water partition coefficient (Wildman–Crippen LogP) is 5.64. The zero-order valence-electron chi connectivity index (χ0n) is 7.68. The van der Waals surface area contributed by atoms with E-state index < -0.39 is 0 Å². The van der Waals surface area contributed by atoms with Crippen molar-refractivity contribution < 1.29 is 0 Å². The van der Waals surface area contributed by atoms with Crippen molar-refractivity contribution in [2.75, 3.05) is 0 Å². The molecule has 0 fully saturated rings. The molecule has 0 saturated heterocycles. The second-order valence-corrected chi connectivity index (χ2v) is 5.82. The lowest BCUT2D eigenvalue weighted by Crippen LogP contribution is -1.80. The van der Waals surface area contributed by atoms with Gasteiger partial charge in [-0.3, -0.25) is 0 Å². The van der Waals surface area contributed by atoms with E-state index in [0.29, 0.717) is 0 Å². The molecule has 0 nitrogen and oxygen atoms in total. The Kier molecular flexibility index (Phi) is 3.65. The molecular weight excluding hydrogens is 384 g/mol. The van der Waals surface area contributed by atoms with Crippen LogP contribution in [0.1, 0.15) is 0 Å². The summed E-state index contributed by atoms with van der Waals surface area (Å²) in [6.07, 6.45) is 0. The maximum Gasteiger partial charge on any atom is 0.0254 e. The normalized spacial score (nSPS) is 10.3. The van der Waals surface area contributed by atoms with Gasteiger partial charge in [0.1, 0.15) is 0 Å². The summed E-state index contributed by atoms with van der Waals surface area (Å²) in [7, 11) is 0. The van der Waals surface area contributed by atoms with Crippen molar-refractivity contribution >= 4 is 47.8 Å². The topological polar surface area (TPSA) is 0 Å². The van der Waals surface area contributed by atoms with Crippen molar-refractivity contribution in [3.8, 4) is 11.1 Å². The van der Waals surface area contributed by atoms with E-state index in [1.54, 1.807) is 0 Å². The summed E-state index contributed by atoms with van der Waals surface area (Å²) in [5.41, 5.74) is 2.38. The van der Waals surface area contributed by atoms with Gasteiger partial charge in [-0.25, -0.2) is 0 Å². The highest BCUT2D eigenvalue weighted by Crippen LogP contribution is 2.32. The quantitative estimate of drug-likeness (QED) is 0.591. The van der Waals surface area contributed by atoms with Crippen LogP contribution in [0.25, 0.3) is 11.1 Å². The third kappa shape index (κ3) is 2.71. The van der Waals surface area contributed by atoms with Gasteiger partial charge in [-0.2, -0.15) is 0 Å². The summed E-state index contributed by atoms with van der Waals surface area (Å²) in [6.45, 7) is 0. The van der Waals surface area contributed by atoms with Crippen LogP contribution in [-0.4, -0.2) is 0 Å². The fourth-order valence-corrected chi connectivity index (χ4v) is 2.61. The zero-order chi connectivity index (χ0) is 10.8. The van der Waals surface area contributed by atoms with Crippen molar-refractivity contribution in [1.29, 1.82) is 0 Å². The van der Waals surface area contributed by atoms with Gasteiger partial charge in [0, 0.05) is 13.4 Å². The van der Waals surface area contributed by atoms with Gasteiger partial charge in [-0.1, -0.05) is 59.9 Å². The number of benzene rings is 2. The van der Waals surface area contributed by atoms with Gasteiger partial charge in [0.15, 0.2) is 0 Å². The third-order valence-corrected chi connectivity index (χ3v) is 3.74. The Morgan fingerprint density at radius 3 is 2.20 bits per heavy atom. The highest BCUT2D eigenvalue weighted by atomic mass is 79.9. The fraction of sp³-hybridized carbons (Fsp3) is 0. The molecule has 2 aromatic carbocycles. The van der Waals surface area contributed by atoms with Crippen LogP contribution in [0.2, 0.25) is 0 Å². The molecule has 15 heavy (non-hydrogen) atoms. The standard InChI is InChI=1S/C12H7Br3/c13-9-3-1-2-8(6-9)11-7-10(14)4-5-12(11)15/h1-7H. The average molecular weight is 391 g/mol. The second kappa shape index (κ2) is 4.81. The minimum atomic E-state index is 1.08. The van der Waals surface area contributed by atoms with Crippen molar-refractivity contribution in [2.45, 2.75) is 0 Å². The van der Waals surface area contributed by atoms with Gasteiger partial charge in [-0.05, 0) is 41.5 Å². The fourth-order valence-electron chi connectivity index (χ4n) is 1.37. The number of rotatable bonds is 1. The molecular formula is C12H7Br3. The minimum absolute atomic E-state index is 1.08. The smallest absolute Gasteiger partial charge is 0.0254 e. The molecule has 0 aromatic heterocycles. The molecule has 0 bridgehead atoms. The van der Waals surface area contributed by atoms with Gasteiger partial charge in [0.25, 0.3) is 0 Å². The monoisotopic (exact) mass is 388 g/mol. The minimum Gasteiger partial charge on any atom is -0.0605 e. The van der Waals surface area contributed by atoms with Crippen LogP contribution in [0.5, 0.6) is 0 Å². The Morgan fingerprint density at radius 2 is 1.47 bits per heavy atom. The molecule has 0 aliphatic carbocycles. The molecule has 0 saturated carbocycles. The number of hydrogen-bond acceptors (Lipinski definition) is 0. The molecule has 0 N–H and O–H groups in total. The van der Waals surface area contributed by atoms with Crippen molar-refractivity contribution in [2.24, 2.45) is 0 Å². The SMILES string of the molecule is Brc1cccc(-c2cc(Br)ccc2Br)c1. The van der Waals surface area contributed by atoms with Crippen LogP contribution >= 0.6 is 47.8 Å². The van der Waals surface area contributed by atoms with E-state index in [4.69, 9.17) is 0 Å². The molecule has 2 rings (SSSR count). The molecule has 0 aliphatic heterocycles. The van der Waals surface area contributed by atoms with Crippen molar-refractivity contribution in [3.63, 3.8) is 0 Å². The summed E-state index contributed by atoms with van der Waals surface area (Å²) in [4.78, 5) is 0. The van der Waals surface area contributed by atoms with Crippen LogP contribution in [-0.2, 0) is 0 Å². The Bertz CT molecular complexity index is 492.